The molecule has 26 heavy (non-hydrogen) atoms. The van der Waals surface area contributed by atoms with E-state index in [9.17, 15) is 14.0 Å². The number of nitrogens with one attached hydrogen (secondary N) is 1. The van der Waals surface area contributed by atoms with Crippen LogP contribution in [0.5, 0.6) is 5.75 Å². The molecule has 0 spiro atoms. The number of hydrogen-bond acceptors (Lipinski definition) is 5. The van der Waals surface area contributed by atoms with Crippen molar-refractivity contribution in [2.75, 3.05) is 36.5 Å². The molecule has 1 aromatic rings. The van der Waals surface area contributed by atoms with E-state index in [2.05, 4.69) is 5.32 Å². The molecular formula is C18H22FN3O4. The molecule has 2 atom stereocenters. The zero-order valence-corrected chi connectivity index (χ0v) is 14.9. The standard InChI is InChI=1S/C18H22FN3O4/c1-10(23)20-9-15-14-7-11-13(22(14)18(24)26-15)8-12(19)16(17(11)25-2)21-5-3-4-6-21/h8,14-15H,3-7,9H2,1-2H3,(H,20,23)/t14-,15?/m0/s1. The first-order chi connectivity index (χ1) is 12.5. The molecule has 0 aliphatic carbocycles. The fourth-order valence-electron chi connectivity index (χ4n) is 4.21. The highest BCUT2D eigenvalue weighted by Crippen LogP contribution is 2.48. The van der Waals surface area contributed by atoms with Crippen molar-refractivity contribution in [2.45, 2.75) is 38.3 Å². The van der Waals surface area contributed by atoms with E-state index in [1.807, 2.05) is 4.90 Å². The molecule has 1 unspecified atom stereocenters. The van der Waals surface area contributed by atoms with Crippen LogP contribution in [0.4, 0.5) is 20.6 Å². The lowest BCUT2D eigenvalue weighted by molar-refractivity contribution is -0.119. The highest BCUT2D eigenvalue weighted by molar-refractivity contribution is 5.95. The molecule has 7 nitrogen and oxygen atoms in total. The predicted octanol–water partition coefficient (Wildman–Crippen LogP) is 1.82. The Labute approximate surface area is 151 Å². The predicted molar refractivity (Wildman–Crippen MR) is 93.3 cm³/mol. The van der Waals surface area contributed by atoms with Gasteiger partial charge in [-0.15, -0.1) is 0 Å². The van der Waals surface area contributed by atoms with Gasteiger partial charge in [-0.1, -0.05) is 0 Å². The summed E-state index contributed by atoms with van der Waals surface area (Å²) in [6.45, 7) is 3.25. The molecule has 2 saturated heterocycles. The van der Waals surface area contributed by atoms with E-state index in [4.69, 9.17) is 9.47 Å². The number of fused-ring (bicyclic) bond motifs is 3. The number of carbonyl (C=O) groups excluding carboxylic acids is 2. The normalized spacial score (nSPS) is 23.7. The number of cyclic esters (lactones) is 1. The Hall–Kier alpha value is -2.51. The number of nitrogens with zero attached hydrogens (tertiary/aromatic N) is 2. The summed E-state index contributed by atoms with van der Waals surface area (Å²) >= 11 is 0. The van der Waals surface area contributed by atoms with E-state index in [1.54, 1.807) is 0 Å². The van der Waals surface area contributed by atoms with Crippen LogP contribution in [-0.4, -0.2) is 50.9 Å². The van der Waals surface area contributed by atoms with Crippen LogP contribution in [0.3, 0.4) is 0 Å². The van der Waals surface area contributed by atoms with Crippen molar-refractivity contribution in [1.29, 1.82) is 0 Å². The third-order valence-electron chi connectivity index (χ3n) is 5.35. The van der Waals surface area contributed by atoms with Crippen LogP contribution >= 0.6 is 0 Å². The van der Waals surface area contributed by atoms with E-state index in [-0.39, 0.29) is 24.3 Å². The largest absolute Gasteiger partial charge is 0.494 e. The Kier molecular flexibility index (Phi) is 4.13. The third kappa shape index (κ3) is 2.55. The molecule has 3 heterocycles. The summed E-state index contributed by atoms with van der Waals surface area (Å²) < 4.78 is 25.9. The highest BCUT2D eigenvalue weighted by Gasteiger charge is 2.49. The molecule has 140 valence electrons. The highest BCUT2D eigenvalue weighted by atomic mass is 19.1. The van der Waals surface area contributed by atoms with Crippen LogP contribution in [0.1, 0.15) is 25.3 Å². The van der Waals surface area contributed by atoms with Crippen LogP contribution in [0.2, 0.25) is 0 Å². The van der Waals surface area contributed by atoms with Crippen LogP contribution < -0.4 is 19.9 Å². The van der Waals surface area contributed by atoms with Gasteiger partial charge in [0.05, 0.1) is 25.4 Å². The van der Waals surface area contributed by atoms with Crippen molar-refractivity contribution in [3.05, 3.63) is 17.4 Å². The Morgan fingerprint density at radius 2 is 2.15 bits per heavy atom. The molecule has 0 saturated carbocycles. The number of carbonyl (C=O) groups is 2. The summed E-state index contributed by atoms with van der Waals surface area (Å²) in [7, 11) is 1.53. The summed E-state index contributed by atoms with van der Waals surface area (Å²) in [6, 6.07) is 1.14. The lowest BCUT2D eigenvalue weighted by atomic mass is 10.0. The average Bonchev–Trinajstić information content (AvgIpc) is 3.29. The monoisotopic (exact) mass is 363 g/mol. The lowest BCUT2D eigenvalue weighted by Crippen LogP contribution is -2.40. The SMILES string of the molecule is COc1c2c(cc(F)c1N1CCCC1)N1C(=O)OC(CNC(C)=O)[C@@H]1C2. The number of halogens is 1. The van der Waals surface area contributed by atoms with Gasteiger partial charge in [-0.25, -0.2) is 9.18 Å². The molecule has 2 amide bonds. The molecule has 1 N–H and O–H groups in total. The number of hydrogen-bond donors (Lipinski definition) is 1. The van der Waals surface area contributed by atoms with Gasteiger partial charge in [-0.05, 0) is 12.8 Å². The maximum atomic E-state index is 14.9. The summed E-state index contributed by atoms with van der Waals surface area (Å²) in [5.74, 6) is -0.0707. The van der Waals surface area contributed by atoms with Gasteiger partial charge in [0.2, 0.25) is 5.91 Å². The fraction of sp³-hybridized carbons (Fsp3) is 0.556. The van der Waals surface area contributed by atoms with Crippen LogP contribution in [-0.2, 0) is 16.0 Å². The molecular weight excluding hydrogens is 341 g/mol. The van der Waals surface area contributed by atoms with Crippen LogP contribution in [0.25, 0.3) is 0 Å². The molecule has 0 aromatic heterocycles. The van der Waals surface area contributed by atoms with E-state index in [1.165, 1.54) is 25.0 Å². The number of rotatable bonds is 4. The Morgan fingerprint density at radius 3 is 2.81 bits per heavy atom. The second-order valence-corrected chi connectivity index (χ2v) is 6.93. The lowest BCUT2D eigenvalue weighted by Gasteiger charge is -2.24. The molecule has 0 radical (unpaired) electrons. The van der Waals surface area contributed by atoms with E-state index in [0.717, 1.165) is 31.5 Å². The van der Waals surface area contributed by atoms with Crippen molar-refractivity contribution in [1.82, 2.24) is 5.32 Å². The van der Waals surface area contributed by atoms with Gasteiger partial charge in [0.15, 0.2) is 11.6 Å². The second-order valence-electron chi connectivity index (χ2n) is 6.93. The van der Waals surface area contributed by atoms with Crippen molar-refractivity contribution in [2.24, 2.45) is 0 Å². The minimum atomic E-state index is -0.514. The van der Waals surface area contributed by atoms with Gasteiger partial charge < -0.3 is 19.7 Å². The maximum Gasteiger partial charge on any atom is 0.415 e. The number of anilines is 2. The van der Waals surface area contributed by atoms with Gasteiger partial charge >= 0.3 is 6.09 Å². The number of amides is 2. The van der Waals surface area contributed by atoms with Crippen LogP contribution in [0, 0.1) is 5.82 Å². The zero-order chi connectivity index (χ0) is 18.4. The smallest absolute Gasteiger partial charge is 0.415 e. The summed E-state index contributed by atoms with van der Waals surface area (Å²) in [5, 5.41) is 2.69. The van der Waals surface area contributed by atoms with Crippen molar-refractivity contribution >= 4 is 23.4 Å². The Balaban J connectivity index is 1.71. The van der Waals surface area contributed by atoms with Gasteiger partial charge in [0.25, 0.3) is 0 Å². The first-order valence-corrected chi connectivity index (χ1v) is 8.90. The molecule has 3 aliphatic heterocycles. The molecule has 2 fully saturated rings. The summed E-state index contributed by atoms with van der Waals surface area (Å²) in [6.07, 6.45) is 1.58. The zero-order valence-electron chi connectivity index (χ0n) is 14.9. The Bertz CT molecular complexity index is 763. The number of methoxy groups -OCH3 is 1. The fourth-order valence-corrected chi connectivity index (χ4v) is 4.21. The van der Waals surface area contributed by atoms with E-state index >= 15 is 0 Å². The van der Waals surface area contributed by atoms with Gasteiger partial charge in [-0.2, -0.15) is 0 Å². The van der Waals surface area contributed by atoms with Gasteiger partial charge in [0, 0.05) is 38.1 Å². The Morgan fingerprint density at radius 1 is 1.42 bits per heavy atom. The number of ether oxygens (including phenoxy) is 2. The molecule has 1 aromatic carbocycles. The molecule has 4 rings (SSSR count). The summed E-state index contributed by atoms with van der Waals surface area (Å²) in [5.41, 5.74) is 1.81. The third-order valence-corrected chi connectivity index (χ3v) is 5.35. The van der Waals surface area contributed by atoms with Gasteiger partial charge in [0.1, 0.15) is 11.8 Å². The second kappa shape index (κ2) is 6.34. The van der Waals surface area contributed by atoms with E-state index in [0.29, 0.717) is 23.5 Å². The first-order valence-electron chi connectivity index (χ1n) is 8.90. The van der Waals surface area contributed by atoms with Crippen molar-refractivity contribution in [3.8, 4) is 5.75 Å². The summed E-state index contributed by atoms with van der Waals surface area (Å²) in [4.78, 5) is 27.0. The quantitative estimate of drug-likeness (QED) is 0.884. The average molecular weight is 363 g/mol. The number of benzene rings is 1. The van der Waals surface area contributed by atoms with Crippen LogP contribution in [0.15, 0.2) is 6.07 Å². The van der Waals surface area contributed by atoms with Gasteiger partial charge in [-0.3, -0.25) is 9.69 Å². The van der Waals surface area contributed by atoms with Crippen molar-refractivity contribution in [3.63, 3.8) is 0 Å². The molecule has 8 heteroatoms. The minimum absolute atomic E-state index is 0.185. The topological polar surface area (TPSA) is 71.1 Å². The molecule has 3 aliphatic rings. The maximum absolute atomic E-state index is 14.9. The first kappa shape index (κ1) is 16.9. The van der Waals surface area contributed by atoms with Crippen molar-refractivity contribution < 1.29 is 23.5 Å². The molecule has 0 bridgehead atoms. The van der Waals surface area contributed by atoms with E-state index < -0.39 is 12.2 Å². The minimum Gasteiger partial charge on any atom is -0.494 e.